The van der Waals surface area contributed by atoms with Crippen molar-refractivity contribution in [1.29, 1.82) is 0 Å². The van der Waals surface area contributed by atoms with Gasteiger partial charge in [-0.3, -0.25) is 25.0 Å². The lowest BCUT2D eigenvalue weighted by Crippen LogP contribution is -2.66. The highest BCUT2D eigenvalue weighted by Gasteiger charge is 2.52. The Morgan fingerprint density at radius 3 is 2.58 bits per heavy atom. The minimum absolute atomic E-state index is 0.0685. The van der Waals surface area contributed by atoms with Gasteiger partial charge in [0.25, 0.3) is 0 Å². The minimum Gasteiger partial charge on any atom is -0.465 e. The first-order chi connectivity index (χ1) is 16.0. The van der Waals surface area contributed by atoms with Crippen LogP contribution in [0, 0.1) is 5.92 Å². The van der Waals surface area contributed by atoms with E-state index in [1.165, 1.54) is 64.2 Å². The highest BCUT2D eigenvalue weighted by atomic mass is 16.5. The third-order valence-electron chi connectivity index (χ3n) is 7.54. The fourth-order valence-corrected chi connectivity index (χ4v) is 5.84. The van der Waals surface area contributed by atoms with Crippen molar-refractivity contribution < 1.29 is 14.1 Å². The second-order valence-corrected chi connectivity index (χ2v) is 10.2. The summed E-state index contributed by atoms with van der Waals surface area (Å²) in [6.45, 7) is 5.38. The van der Waals surface area contributed by atoms with Gasteiger partial charge in [-0.2, -0.15) is 0 Å². The molecular formula is C25H47N6O2+. The molecule has 0 aliphatic carbocycles. The molecule has 3 aliphatic rings. The van der Waals surface area contributed by atoms with Gasteiger partial charge < -0.3 is 16.2 Å². The molecule has 6 N–H and O–H groups in total. The summed E-state index contributed by atoms with van der Waals surface area (Å²) in [5, 5.41) is 7.39. The zero-order valence-electron chi connectivity index (χ0n) is 20.9. The fourth-order valence-electron chi connectivity index (χ4n) is 5.84. The zero-order valence-corrected chi connectivity index (χ0v) is 20.9. The van der Waals surface area contributed by atoms with E-state index in [2.05, 4.69) is 34.0 Å². The summed E-state index contributed by atoms with van der Waals surface area (Å²) in [6, 6.07) is 1.39. The van der Waals surface area contributed by atoms with E-state index in [-0.39, 0.29) is 29.9 Å². The molecule has 0 spiro atoms. The monoisotopic (exact) mass is 463 g/mol. The molecule has 3 aliphatic heterocycles. The van der Waals surface area contributed by atoms with Crippen molar-refractivity contribution in [2.75, 3.05) is 13.2 Å². The Balaban J connectivity index is 1.45. The zero-order chi connectivity index (χ0) is 23.6. The van der Waals surface area contributed by atoms with Crippen molar-refractivity contribution in [3.05, 3.63) is 0 Å². The van der Waals surface area contributed by atoms with Crippen LogP contribution in [0.3, 0.4) is 0 Å². The molecule has 0 saturated carbocycles. The molecule has 5 atom stereocenters. The number of hydrogen-bond donors (Lipinski definition) is 4. The molecule has 0 aromatic carbocycles. The number of nitrogens with two attached hydrogens (primary N) is 2. The number of aliphatic imine (C=N–C) groups is 1. The normalized spacial score (nSPS) is 28.0. The summed E-state index contributed by atoms with van der Waals surface area (Å²) in [5.74, 6) is 1.05. The van der Waals surface area contributed by atoms with Crippen LogP contribution in [0.5, 0.6) is 0 Å². The Hall–Kier alpha value is -1.99. The smallest absolute Gasteiger partial charge is 0.346 e. The van der Waals surface area contributed by atoms with Gasteiger partial charge in [0.2, 0.25) is 0 Å². The van der Waals surface area contributed by atoms with Gasteiger partial charge in [-0.1, -0.05) is 51.9 Å². The summed E-state index contributed by atoms with van der Waals surface area (Å²) in [5.41, 5.74) is 10.7. The maximum atomic E-state index is 13.0. The third-order valence-corrected chi connectivity index (χ3v) is 7.54. The number of ether oxygens (including phenoxy) is 1. The van der Waals surface area contributed by atoms with Gasteiger partial charge in [0.15, 0.2) is 5.96 Å². The van der Waals surface area contributed by atoms with E-state index in [0.29, 0.717) is 25.2 Å². The van der Waals surface area contributed by atoms with E-state index in [4.69, 9.17) is 16.2 Å². The average molecular weight is 464 g/mol. The maximum absolute atomic E-state index is 13.0. The van der Waals surface area contributed by atoms with Crippen LogP contribution < -0.4 is 22.1 Å². The Morgan fingerprint density at radius 1 is 1.06 bits per heavy atom. The van der Waals surface area contributed by atoms with E-state index < -0.39 is 0 Å². The van der Waals surface area contributed by atoms with Gasteiger partial charge in [-0.15, -0.1) is 0 Å². The number of nitrogens with zero attached hydrogens (tertiary/aromatic N) is 2. The van der Waals surface area contributed by atoms with Crippen LogP contribution in [-0.2, 0) is 9.53 Å². The SMILES string of the molecule is CCCCCCCCC[C@@H]1CC2CC[C@H]3[C@@H](C(=O)OCCCCN=C(N)N)[C@@H](C)NC(=[N+]23)N1. The van der Waals surface area contributed by atoms with Gasteiger partial charge >= 0.3 is 11.9 Å². The number of carbonyl (C=O) groups is 1. The van der Waals surface area contributed by atoms with Gasteiger partial charge in [0.1, 0.15) is 5.92 Å². The number of hydrogen-bond acceptors (Lipinski definition) is 5. The maximum Gasteiger partial charge on any atom is 0.346 e. The number of unbranched alkanes of at least 4 members (excludes halogenated alkanes) is 7. The average Bonchev–Trinajstić information content (AvgIpc) is 3.19. The van der Waals surface area contributed by atoms with Gasteiger partial charge in [0, 0.05) is 13.0 Å². The van der Waals surface area contributed by atoms with Gasteiger partial charge in [-0.25, -0.2) is 0 Å². The number of esters is 1. The Morgan fingerprint density at radius 2 is 1.82 bits per heavy atom. The molecule has 1 fully saturated rings. The largest absolute Gasteiger partial charge is 0.465 e. The summed E-state index contributed by atoms with van der Waals surface area (Å²) in [6.07, 6.45) is 15.7. The molecule has 33 heavy (non-hydrogen) atoms. The first kappa shape index (κ1) is 25.6. The first-order valence-electron chi connectivity index (χ1n) is 13.4. The van der Waals surface area contributed by atoms with Gasteiger partial charge in [-0.05, 0) is 39.0 Å². The summed E-state index contributed by atoms with van der Waals surface area (Å²) >= 11 is 0. The number of guanidine groups is 2. The highest BCUT2D eigenvalue weighted by Crippen LogP contribution is 2.35. The van der Waals surface area contributed by atoms with Gasteiger partial charge in [0.05, 0.1) is 30.8 Å². The second-order valence-electron chi connectivity index (χ2n) is 10.2. The van der Waals surface area contributed by atoms with Crippen molar-refractivity contribution in [3.8, 4) is 0 Å². The van der Waals surface area contributed by atoms with Crippen LogP contribution in [0.1, 0.15) is 97.3 Å². The molecule has 3 heterocycles. The predicted octanol–water partition coefficient (Wildman–Crippen LogP) is 2.59. The summed E-state index contributed by atoms with van der Waals surface area (Å²) in [4.78, 5) is 16.9. The molecule has 0 bridgehead atoms. The lowest BCUT2D eigenvalue weighted by atomic mass is 9.89. The Bertz CT molecular complexity index is 690. The number of rotatable bonds is 14. The molecule has 1 unspecified atom stereocenters. The van der Waals surface area contributed by atoms with Crippen molar-refractivity contribution in [1.82, 2.24) is 10.6 Å². The van der Waals surface area contributed by atoms with Crippen molar-refractivity contribution in [3.63, 3.8) is 0 Å². The van der Waals surface area contributed by atoms with Crippen molar-refractivity contribution in [2.24, 2.45) is 22.4 Å². The number of carbonyl (C=O) groups excluding carboxylic acids is 1. The number of nitrogens with one attached hydrogen (secondary N) is 2. The molecule has 188 valence electrons. The predicted molar refractivity (Wildman–Crippen MR) is 133 cm³/mol. The lowest BCUT2D eigenvalue weighted by molar-refractivity contribution is -0.598. The van der Waals surface area contributed by atoms with Crippen LogP contribution in [0.15, 0.2) is 4.99 Å². The summed E-state index contributed by atoms with van der Waals surface area (Å²) < 4.78 is 8.13. The Kier molecular flexibility index (Phi) is 10.1. The topological polar surface area (TPSA) is 118 Å². The molecule has 3 rings (SSSR count). The highest BCUT2D eigenvalue weighted by molar-refractivity contribution is 5.81. The quantitative estimate of drug-likeness (QED) is 0.103. The minimum atomic E-state index is -0.127. The third kappa shape index (κ3) is 7.24. The molecule has 0 radical (unpaired) electrons. The van der Waals surface area contributed by atoms with E-state index in [1.54, 1.807) is 0 Å². The molecule has 0 amide bonds. The van der Waals surface area contributed by atoms with Crippen molar-refractivity contribution >= 4 is 17.9 Å². The Labute approximate surface area is 200 Å². The van der Waals surface area contributed by atoms with Crippen molar-refractivity contribution in [2.45, 2.75) is 121 Å². The van der Waals surface area contributed by atoms with E-state index >= 15 is 0 Å². The first-order valence-corrected chi connectivity index (χ1v) is 13.4. The van der Waals surface area contributed by atoms with Crippen LogP contribution >= 0.6 is 0 Å². The lowest BCUT2D eigenvalue weighted by Gasteiger charge is -2.38. The van der Waals surface area contributed by atoms with Crippen LogP contribution in [0.2, 0.25) is 0 Å². The van der Waals surface area contributed by atoms with Crippen LogP contribution in [-0.4, -0.2) is 59.8 Å². The van der Waals surface area contributed by atoms with E-state index in [0.717, 1.165) is 25.2 Å². The fraction of sp³-hybridized carbons (Fsp3) is 0.880. The molecule has 0 aromatic rings. The second kappa shape index (κ2) is 13.0. The van der Waals surface area contributed by atoms with E-state index in [9.17, 15) is 4.79 Å². The molecular weight excluding hydrogens is 416 g/mol. The standard InChI is InChI=1S/C25H46N6O2/c1-3-4-5-6-7-8-9-12-19-17-20-13-14-21-22(18(2)29-25(30-19)31(20)21)23(32)33-16-11-10-15-28-24(26)27/h18-22H,3-17H2,1-2H3,(H5,26,27,28,29,30)/p+1/t18-,19-,20?,21+,22+/m1/s1. The molecule has 0 aromatic heterocycles. The van der Waals surface area contributed by atoms with Crippen LogP contribution in [0.25, 0.3) is 0 Å². The van der Waals surface area contributed by atoms with Crippen LogP contribution in [0.4, 0.5) is 0 Å². The molecule has 8 heteroatoms. The van der Waals surface area contributed by atoms with E-state index in [1.807, 2.05) is 0 Å². The summed E-state index contributed by atoms with van der Waals surface area (Å²) in [7, 11) is 0. The molecule has 8 nitrogen and oxygen atoms in total. The molecule has 1 saturated heterocycles.